The molecule has 0 bridgehead atoms. The summed E-state index contributed by atoms with van der Waals surface area (Å²) in [6.07, 6.45) is 0. The number of hydrogen-bond acceptors (Lipinski definition) is 2. The topological polar surface area (TPSA) is 16.4 Å². The Kier molecular flexibility index (Phi) is 7.55. The molecule has 1 heterocycles. The minimum atomic E-state index is -0.148. The fraction of sp³-hybridized carbons (Fsp3) is 0.0545. The molecule has 0 aliphatic heterocycles. The minimum Gasteiger partial charge on any atom is -0.455 e. The number of rotatable bonds is 6. The van der Waals surface area contributed by atoms with E-state index in [1.807, 2.05) is 0 Å². The van der Waals surface area contributed by atoms with Gasteiger partial charge < -0.3 is 9.32 Å². The van der Waals surface area contributed by atoms with Crippen molar-refractivity contribution in [1.29, 1.82) is 0 Å². The maximum Gasteiger partial charge on any atom is 0.145 e. The lowest BCUT2D eigenvalue weighted by molar-refractivity contribution is 0.660. The molecule has 1 aliphatic rings. The van der Waals surface area contributed by atoms with Gasteiger partial charge >= 0.3 is 0 Å². The molecule has 0 saturated heterocycles. The fourth-order valence-electron chi connectivity index (χ4n) is 9.17. The molecular formula is C55H39NO. The number of hydrogen-bond donors (Lipinski definition) is 0. The first-order valence-corrected chi connectivity index (χ1v) is 19.8. The Hall–Kier alpha value is -7.16. The number of nitrogens with zero attached hydrogens (tertiary/aromatic N) is 1. The van der Waals surface area contributed by atoms with Gasteiger partial charge in [0, 0.05) is 38.5 Å². The second-order valence-corrected chi connectivity index (χ2v) is 15.7. The van der Waals surface area contributed by atoms with E-state index in [4.69, 9.17) is 4.42 Å². The Morgan fingerprint density at radius 3 is 1.67 bits per heavy atom. The fourth-order valence-corrected chi connectivity index (χ4v) is 9.17. The van der Waals surface area contributed by atoms with Crippen molar-refractivity contribution < 1.29 is 4.42 Å². The molecule has 9 aromatic carbocycles. The molecule has 0 spiro atoms. The van der Waals surface area contributed by atoms with Crippen LogP contribution in [-0.4, -0.2) is 0 Å². The summed E-state index contributed by atoms with van der Waals surface area (Å²) < 4.78 is 7.13. The van der Waals surface area contributed by atoms with Crippen LogP contribution in [0.4, 0.5) is 17.1 Å². The van der Waals surface area contributed by atoms with Crippen molar-refractivity contribution >= 4 is 49.8 Å². The summed E-state index contributed by atoms with van der Waals surface area (Å²) in [5.74, 6) is 0. The first-order chi connectivity index (χ1) is 28.0. The third-order valence-electron chi connectivity index (χ3n) is 12.1. The molecule has 0 atom stereocenters. The zero-order valence-corrected chi connectivity index (χ0v) is 31.9. The quantitative estimate of drug-likeness (QED) is 0.169. The zero-order chi connectivity index (χ0) is 38.1. The van der Waals surface area contributed by atoms with E-state index in [9.17, 15) is 0 Å². The average Bonchev–Trinajstić information content (AvgIpc) is 3.77. The van der Waals surface area contributed by atoms with Crippen LogP contribution >= 0.6 is 0 Å². The Morgan fingerprint density at radius 1 is 0.386 bits per heavy atom. The van der Waals surface area contributed by atoms with Crippen molar-refractivity contribution in [3.63, 3.8) is 0 Å². The van der Waals surface area contributed by atoms with E-state index in [2.05, 4.69) is 219 Å². The van der Waals surface area contributed by atoms with Gasteiger partial charge in [0.25, 0.3) is 0 Å². The smallest absolute Gasteiger partial charge is 0.145 e. The predicted molar refractivity (Wildman–Crippen MR) is 240 cm³/mol. The normalized spacial score (nSPS) is 12.9. The van der Waals surface area contributed by atoms with Crippen molar-refractivity contribution in [2.45, 2.75) is 19.3 Å². The zero-order valence-electron chi connectivity index (χ0n) is 31.9. The van der Waals surface area contributed by atoms with Crippen molar-refractivity contribution in [3.8, 4) is 44.5 Å². The second kappa shape index (κ2) is 13.0. The molecule has 0 unspecified atom stereocenters. The summed E-state index contributed by atoms with van der Waals surface area (Å²) in [5.41, 5.74) is 17.1. The van der Waals surface area contributed by atoms with Crippen molar-refractivity contribution in [2.75, 3.05) is 4.90 Å². The molecule has 0 saturated carbocycles. The summed E-state index contributed by atoms with van der Waals surface area (Å²) >= 11 is 0. The molecule has 2 heteroatoms. The van der Waals surface area contributed by atoms with Gasteiger partial charge in [-0.25, -0.2) is 0 Å². The van der Waals surface area contributed by atoms with Crippen LogP contribution in [0.2, 0.25) is 0 Å². The van der Waals surface area contributed by atoms with Crippen molar-refractivity contribution in [3.05, 3.63) is 211 Å². The molecule has 10 aromatic rings. The SMILES string of the molecule is CC1(C)c2ccccc2-c2ccc(N(c3ccc(-c4ccccc4)cc3)c3ccc4c(oc5c6ccccc6ccc45)c3-c3ccc(-c4ccccc4)cc3)cc21. The molecule has 57 heavy (non-hydrogen) atoms. The Morgan fingerprint density at radius 2 is 0.930 bits per heavy atom. The molecule has 0 fully saturated rings. The van der Waals surface area contributed by atoms with Crippen molar-refractivity contribution in [2.24, 2.45) is 0 Å². The van der Waals surface area contributed by atoms with Gasteiger partial charge in [0.05, 0.1) is 5.69 Å². The van der Waals surface area contributed by atoms with Crippen LogP contribution in [0.5, 0.6) is 0 Å². The van der Waals surface area contributed by atoms with Crippen LogP contribution in [-0.2, 0) is 5.41 Å². The molecular weight excluding hydrogens is 691 g/mol. The summed E-state index contributed by atoms with van der Waals surface area (Å²) in [6, 6.07) is 72.5. The summed E-state index contributed by atoms with van der Waals surface area (Å²) in [4.78, 5) is 2.43. The molecule has 270 valence electrons. The highest BCUT2D eigenvalue weighted by atomic mass is 16.3. The molecule has 0 N–H and O–H groups in total. The minimum absolute atomic E-state index is 0.148. The van der Waals surface area contributed by atoms with Crippen LogP contribution in [0.3, 0.4) is 0 Å². The standard InChI is InChI=1S/C55H39NO/c1-55(2)49-20-12-11-19-45(49)46-32-30-43(35-50(46)55)56(42-28-25-39(26-29-42)37-15-7-4-8-16-37)51-34-33-48-47-31-27-40-17-9-10-18-44(40)53(47)57-54(48)52(51)41-23-21-38(22-24-41)36-13-5-3-6-14-36/h3-35H,1-2H3. The number of benzene rings is 9. The van der Waals surface area contributed by atoms with Gasteiger partial charge in [-0.15, -0.1) is 0 Å². The Balaban J connectivity index is 1.18. The molecule has 11 rings (SSSR count). The van der Waals surface area contributed by atoms with Crippen LogP contribution in [0, 0.1) is 0 Å². The maximum atomic E-state index is 7.13. The lowest BCUT2D eigenvalue weighted by Gasteiger charge is -2.30. The molecule has 1 aliphatic carbocycles. The van der Waals surface area contributed by atoms with Crippen LogP contribution in [0.15, 0.2) is 205 Å². The molecule has 1 aromatic heterocycles. The Bertz CT molecular complexity index is 3120. The maximum absolute atomic E-state index is 7.13. The van der Waals surface area contributed by atoms with E-state index in [1.165, 1.54) is 49.9 Å². The largest absolute Gasteiger partial charge is 0.455 e. The van der Waals surface area contributed by atoms with Gasteiger partial charge in [0.2, 0.25) is 0 Å². The van der Waals surface area contributed by atoms with Gasteiger partial charge in [-0.2, -0.15) is 0 Å². The van der Waals surface area contributed by atoms with E-state index in [-0.39, 0.29) is 5.41 Å². The highest BCUT2D eigenvalue weighted by Crippen LogP contribution is 2.52. The van der Waals surface area contributed by atoms with Gasteiger partial charge in [-0.3, -0.25) is 0 Å². The summed E-state index contributed by atoms with van der Waals surface area (Å²) in [6.45, 7) is 4.70. The highest BCUT2D eigenvalue weighted by Gasteiger charge is 2.36. The highest BCUT2D eigenvalue weighted by molar-refractivity contribution is 6.19. The third-order valence-corrected chi connectivity index (χ3v) is 12.1. The molecule has 2 nitrogen and oxygen atoms in total. The number of fused-ring (bicyclic) bond motifs is 8. The molecule has 0 radical (unpaired) electrons. The van der Waals surface area contributed by atoms with Crippen LogP contribution < -0.4 is 4.90 Å². The van der Waals surface area contributed by atoms with Gasteiger partial charge in [0.15, 0.2) is 0 Å². The van der Waals surface area contributed by atoms with Crippen molar-refractivity contribution in [1.82, 2.24) is 0 Å². The third kappa shape index (κ3) is 5.33. The lowest BCUT2D eigenvalue weighted by Crippen LogP contribution is -2.17. The van der Waals surface area contributed by atoms with E-state index in [0.29, 0.717) is 0 Å². The van der Waals surface area contributed by atoms with E-state index >= 15 is 0 Å². The van der Waals surface area contributed by atoms with Gasteiger partial charge in [0.1, 0.15) is 11.2 Å². The van der Waals surface area contributed by atoms with E-state index in [0.717, 1.165) is 55.5 Å². The monoisotopic (exact) mass is 729 g/mol. The first-order valence-electron chi connectivity index (χ1n) is 19.8. The van der Waals surface area contributed by atoms with E-state index < -0.39 is 0 Å². The van der Waals surface area contributed by atoms with E-state index in [1.54, 1.807) is 0 Å². The van der Waals surface area contributed by atoms with Gasteiger partial charge in [-0.1, -0.05) is 172 Å². The second-order valence-electron chi connectivity index (χ2n) is 15.7. The molecule has 0 amide bonds. The van der Waals surface area contributed by atoms with Gasteiger partial charge in [-0.05, 0) is 97.9 Å². The average molecular weight is 730 g/mol. The number of furan rings is 1. The predicted octanol–water partition coefficient (Wildman–Crippen LogP) is 15.5. The lowest BCUT2D eigenvalue weighted by atomic mass is 9.82. The number of anilines is 3. The van der Waals surface area contributed by atoms with Crippen LogP contribution in [0.25, 0.3) is 77.2 Å². The summed E-state index contributed by atoms with van der Waals surface area (Å²) in [5, 5.41) is 4.51. The first kappa shape index (κ1) is 33.2. The Labute approximate surface area is 332 Å². The van der Waals surface area contributed by atoms with Crippen LogP contribution in [0.1, 0.15) is 25.0 Å². The summed E-state index contributed by atoms with van der Waals surface area (Å²) in [7, 11) is 0.